The van der Waals surface area contributed by atoms with Crippen LogP contribution in [0.4, 0.5) is 0 Å². The lowest BCUT2D eigenvalue weighted by atomic mass is 10.1. The Balaban J connectivity index is 2.14. The van der Waals surface area contributed by atoms with E-state index in [1.807, 2.05) is 12.1 Å². The first kappa shape index (κ1) is 16.8. The fourth-order valence-corrected chi connectivity index (χ4v) is 3.88. The van der Waals surface area contributed by atoms with Crippen molar-refractivity contribution in [2.75, 3.05) is 6.54 Å². The molecule has 1 N–H and O–H groups in total. The predicted octanol–water partition coefficient (Wildman–Crippen LogP) is 5.71. The maximum absolute atomic E-state index is 6.15. The number of hydrogen-bond donors (Lipinski definition) is 1. The summed E-state index contributed by atoms with van der Waals surface area (Å²) in [6.45, 7) is 5.37. The molecular formula is C16H18BrClN2S. The van der Waals surface area contributed by atoms with E-state index in [1.54, 1.807) is 18.0 Å². The number of nitrogens with one attached hydrogen (secondary N) is 1. The summed E-state index contributed by atoms with van der Waals surface area (Å²) in [4.78, 5) is 5.42. The van der Waals surface area contributed by atoms with Gasteiger partial charge in [0.1, 0.15) is 5.03 Å². The van der Waals surface area contributed by atoms with Gasteiger partial charge in [-0.05, 0) is 49.7 Å². The molecule has 1 unspecified atom stereocenters. The smallest absolute Gasteiger partial charge is 0.119 e. The van der Waals surface area contributed by atoms with Gasteiger partial charge >= 0.3 is 0 Å². The summed E-state index contributed by atoms with van der Waals surface area (Å²) >= 11 is 11.4. The van der Waals surface area contributed by atoms with E-state index in [4.69, 9.17) is 11.6 Å². The average Bonchev–Trinajstić information content (AvgIpc) is 2.47. The summed E-state index contributed by atoms with van der Waals surface area (Å²) in [6, 6.07) is 10.4. The van der Waals surface area contributed by atoms with E-state index in [9.17, 15) is 0 Å². The summed E-state index contributed by atoms with van der Waals surface area (Å²) in [5.74, 6) is 0. The van der Waals surface area contributed by atoms with Gasteiger partial charge in [0.15, 0.2) is 0 Å². The molecule has 0 fully saturated rings. The van der Waals surface area contributed by atoms with Crippen molar-refractivity contribution in [3.63, 3.8) is 0 Å². The standard InChI is InChI=1S/C16H18BrClN2S/c1-3-8-19-11(2)13-7-6-12(10-14(13)17)21-16-15(18)5-4-9-20-16/h4-7,9-11,19H,3,8H2,1-2H3. The number of benzene rings is 1. The van der Waals surface area contributed by atoms with E-state index in [0.717, 1.165) is 27.4 Å². The lowest BCUT2D eigenvalue weighted by Crippen LogP contribution is -2.19. The van der Waals surface area contributed by atoms with Crippen molar-refractivity contribution < 1.29 is 0 Å². The first-order valence-corrected chi connectivity index (χ1v) is 8.91. The van der Waals surface area contributed by atoms with Gasteiger partial charge in [0.25, 0.3) is 0 Å². The first-order chi connectivity index (χ1) is 10.1. The predicted molar refractivity (Wildman–Crippen MR) is 94.2 cm³/mol. The summed E-state index contributed by atoms with van der Waals surface area (Å²) in [7, 11) is 0. The quantitative estimate of drug-likeness (QED) is 0.689. The fourth-order valence-electron chi connectivity index (χ4n) is 1.95. The van der Waals surface area contributed by atoms with Gasteiger partial charge in [-0.15, -0.1) is 0 Å². The molecule has 5 heteroatoms. The summed E-state index contributed by atoms with van der Waals surface area (Å²) in [5.41, 5.74) is 1.26. The molecule has 1 aromatic heterocycles. The molecule has 0 aliphatic carbocycles. The maximum Gasteiger partial charge on any atom is 0.119 e. The molecular weight excluding hydrogens is 368 g/mol. The second-order valence-electron chi connectivity index (χ2n) is 4.75. The molecule has 2 rings (SSSR count). The molecule has 2 aromatic rings. The van der Waals surface area contributed by atoms with Crippen LogP contribution < -0.4 is 5.32 Å². The molecule has 0 aliphatic rings. The zero-order chi connectivity index (χ0) is 15.2. The van der Waals surface area contributed by atoms with Gasteiger partial charge in [-0.1, -0.05) is 52.3 Å². The van der Waals surface area contributed by atoms with Gasteiger partial charge in [0.05, 0.1) is 5.02 Å². The molecule has 0 saturated carbocycles. The van der Waals surface area contributed by atoms with Crippen LogP contribution in [0.5, 0.6) is 0 Å². The summed E-state index contributed by atoms with van der Waals surface area (Å²) in [6.07, 6.45) is 2.89. The molecule has 0 spiro atoms. The van der Waals surface area contributed by atoms with E-state index in [0.29, 0.717) is 11.1 Å². The van der Waals surface area contributed by atoms with E-state index in [1.165, 1.54) is 5.56 Å². The first-order valence-electron chi connectivity index (χ1n) is 6.93. The molecule has 2 nitrogen and oxygen atoms in total. The van der Waals surface area contributed by atoms with E-state index in [2.05, 4.69) is 58.3 Å². The minimum absolute atomic E-state index is 0.330. The summed E-state index contributed by atoms with van der Waals surface area (Å²) < 4.78 is 1.11. The molecule has 1 heterocycles. The Labute approximate surface area is 143 Å². The van der Waals surface area contributed by atoms with Crippen molar-refractivity contribution in [2.45, 2.75) is 36.2 Å². The van der Waals surface area contributed by atoms with Crippen LogP contribution in [0, 0.1) is 0 Å². The molecule has 21 heavy (non-hydrogen) atoms. The summed E-state index contributed by atoms with van der Waals surface area (Å²) in [5, 5.41) is 5.01. The normalized spacial score (nSPS) is 12.4. The van der Waals surface area contributed by atoms with Crippen LogP contribution in [0.1, 0.15) is 31.9 Å². The zero-order valence-corrected chi connectivity index (χ0v) is 15.2. The third-order valence-electron chi connectivity index (χ3n) is 3.08. The molecule has 1 aromatic carbocycles. The van der Waals surface area contributed by atoms with E-state index < -0.39 is 0 Å². The Morgan fingerprint density at radius 3 is 2.86 bits per heavy atom. The minimum Gasteiger partial charge on any atom is -0.310 e. The number of pyridine rings is 1. The second kappa shape index (κ2) is 8.18. The SMILES string of the molecule is CCCNC(C)c1ccc(Sc2ncccc2Cl)cc1Br. The number of halogens is 2. The van der Waals surface area contributed by atoms with Gasteiger partial charge in [0.2, 0.25) is 0 Å². The zero-order valence-electron chi connectivity index (χ0n) is 12.1. The topological polar surface area (TPSA) is 24.9 Å². The molecule has 112 valence electrons. The molecule has 0 aliphatic heterocycles. The molecule has 0 bridgehead atoms. The van der Waals surface area contributed by atoms with Crippen molar-refractivity contribution >= 4 is 39.3 Å². The lowest BCUT2D eigenvalue weighted by molar-refractivity contribution is 0.568. The van der Waals surface area contributed by atoms with Crippen LogP contribution in [-0.2, 0) is 0 Å². The third-order valence-corrected chi connectivity index (χ3v) is 5.19. The highest BCUT2D eigenvalue weighted by atomic mass is 79.9. The van der Waals surface area contributed by atoms with Gasteiger partial charge < -0.3 is 5.32 Å². The van der Waals surface area contributed by atoms with Crippen LogP contribution in [0.2, 0.25) is 5.02 Å². The Hall–Kier alpha value is -0.550. The highest BCUT2D eigenvalue weighted by molar-refractivity contribution is 9.10. The van der Waals surface area contributed by atoms with Crippen LogP contribution >= 0.6 is 39.3 Å². The van der Waals surface area contributed by atoms with Crippen LogP contribution in [-0.4, -0.2) is 11.5 Å². The van der Waals surface area contributed by atoms with Crippen molar-refractivity contribution in [1.82, 2.24) is 10.3 Å². The van der Waals surface area contributed by atoms with Crippen molar-refractivity contribution in [3.8, 4) is 0 Å². The van der Waals surface area contributed by atoms with Gasteiger partial charge in [-0.2, -0.15) is 0 Å². The Kier molecular flexibility index (Phi) is 6.55. The van der Waals surface area contributed by atoms with Gasteiger partial charge in [0, 0.05) is 21.6 Å². The fraction of sp³-hybridized carbons (Fsp3) is 0.312. The van der Waals surface area contributed by atoms with E-state index >= 15 is 0 Å². The largest absolute Gasteiger partial charge is 0.310 e. The number of rotatable bonds is 6. The second-order valence-corrected chi connectivity index (χ2v) is 7.08. The Morgan fingerprint density at radius 2 is 2.19 bits per heavy atom. The van der Waals surface area contributed by atoms with Crippen LogP contribution in [0.3, 0.4) is 0 Å². The number of hydrogen-bond acceptors (Lipinski definition) is 3. The lowest BCUT2D eigenvalue weighted by Gasteiger charge is -2.16. The van der Waals surface area contributed by atoms with Gasteiger partial charge in [-0.25, -0.2) is 4.98 Å². The molecule has 1 atom stereocenters. The maximum atomic E-state index is 6.15. The van der Waals surface area contributed by atoms with Gasteiger partial charge in [-0.3, -0.25) is 0 Å². The minimum atomic E-state index is 0.330. The Morgan fingerprint density at radius 1 is 1.38 bits per heavy atom. The highest BCUT2D eigenvalue weighted by Gasteiger charge is 2.10. The van der Waals surface area contributed by atoms with Crippen molar-refractivity contribution in [2.24, 2.45) is 0 Å². The van der Waals surface area contributed by atoms with Crippen molar-refractivity contribution in [1.29, 1.82) is 0 Å². The van der Waals surface area contributed by atoms with Crippen LogP contribution in [0.15, 0.2) is 50.9 Å². The third kappa shape index (κ3) is 4.71. The number of aromatic nitrogens is 1. The Bertz CT molecular complexity index is 607. The van der Waals surface area contributed by atoms with Crippen LogP contribution in [0.25, 0.3) is 0 Å². The highest BCUT2D eigenvalue weighted by Crippen LogP contribution is 2.34. The molecule has 0 amide bonds. The monoisotopic (exact) mass is 384 g/mol. The molecule has 0 radical (unpaired) electrons. The van der Waals surface area contributed by atoms with Crippen molar-refractivity contribution in [3.05, 3.63) is 51.6 Å². The molecule has 0 saturated heterocycles. The van der Waals surface area contributed by atoms with E-state index in [-0.39, 0.29) is 0 Å². The average molecular weight is 386 g/mol. The number of nitrogens with zero attached hydrogens (tertiary/aromatic N) is 1.